The predicted octanol–water partition coefficient (Wildman–Crippen LogP) is 5.64. The number of rotatable bonds is 4. The summed E-state index contributed by atoms with van der Waals surface area (Å²) < 4.78 is 44.9. The molecule has 4 aromatic rings. The van der Waals surface area contributed by atoms with E-state index in [2.05, 4.69) is 20.2 Å². The number of halogens is 4. The minimum absolute atomic E-state index is 0.166. The van der Waals surface area contributed by atoms with Crippen molar-refractivity contribution in [2.75, 3.05) is 0 Å². The standard InChI is InChI=1S/C18H10ClF3N4OS/c19-11-7-5-10(6-8-11)15-26-25-14(27-15)9-28-16-12-3-1-2-4-13(12)23-17(24-16)18(20,21)22/h1-8H,9H2. The van der Waals surface area contributed by atoms with Crippen molar-refractivity contribution in [3.8, 4) is 11.5 Å². The van der Waals surface area contributed by atoms with Crippen LogP contribution in [0.3, 0.4) is 0 Å². The van der Waals surface area contributed by atoms with Crippen LogP contribution in [0.2, 0.25) is 5.02 Å². The fourth-order valence-corrected chi connectivity index (χ4v) is 3.42. The molecule has 5 nitrogen and oxygen atoms in total. The highest BCUT2D eigenvalue weighted by atomic mass is 35.5. The number of para-hydroxylation sites is 1. The first-order valence-corrected chi connectivity index (χ1v) is 9.31. The van der Waals surface area contributed by atoms with Crippen LogP contribution in [0.1, 0.15) is 11.7 Å². The highest BCUT2D eigenvalue weighted by molar-refractivity contribution is 7.98. The molecule has 0 amide bonds. The average molecular weight is 423 g/mol. The summed E-state index contributed by atoms with van der Waals surface area (Å²) in [6.07, 6.45) is -4.63. The van der Waals surface area contributed by atoms with E-state index in [9.17, 15) is 13.2 Å². The summed E-state index contributed by atoms with van der Waals surface area (Å²) >= 11 is 6.93. The third-order valence-corrected chi connectivity index (χ3v) is 4.94. The molecule has 0 aliphatic carbocycles. The molecule has 0 radical (unpaired) electrons. The molecule has 142 valence electrons. The topological polar surface area (TPSA) is 64.7 Å². The number of benzene rings is 2. The lowest BCUT2D eigenvalue weighted by atomic mass is 10.2. The number of fused-ring (bicyclic) bond motifs is 1. The van der Waals surface area contributed by atoms with Crippen LogP contribution in [0.5, 0.6) is 0 Å². The first-order chi connectivity index (χ1) is 13.4. The fraction of sp³-hybridized carbons (Fsp3) is 0.111. The number of alkyl halides is 3. The van der Waals surface area contributed by atoms with Gasteiger partial charge in [-0.1, -0.05) is 41.6 Å². The monoisotopic (exact) mass is 422 g/mol. The van der Waals surface area contributed by atoms with E-state index in [1.807, 2.05) is 0 Å². The maximum atomic E-state index is 13.1. The van der Waals surface area contributed by atoms with Gasteiger partial charge in [0.15, 0.2) is 0 Å². The molecule has 0 saturated carbocycles. The molecule has 0 N–H and O–H groups in total. The Hall–Kier alpha value is -2.65. The van der Waals surface area contributed by atoms with Gasteiger partial charge in [-0.15, -0.1) is 10.2 Å². The zero-order valence-corrected chi connectivity index (χ0v) is 15.5. The second-order valence-corrected chi connectivity index (χ2v) is 7.06. The van der Waals surface area contributed by atoms with Gasteiger partial charge in [0.05, 0.1) is 11.3 Å². The van der Waals surface area contributed by atoms with Crippen molar-refractivity contribution in [1.82, 2.24) is 20.2 Å². The molecular formula is C18H10ClF3N4OS. The lowest BCUT2D eigenvalue weighted by molar-refractivity contribution is -0.145. The number of nitrogens with zero attached hydrogens (tertiary/aromatic N) is 4. The summed E-state index contributed by atoms with van der Waals surface area (Å²) in [6, 6.07) is 13.4. The first kappa shape index (κ1) is 18.7. The third kappa shape index (κ3) is 3.95. The molecule has 0 unspecified atom stereocenters. The molecule has 0 bridgehead atoms. The second kappa shape index (κ2) is 7.40. The smallest absolute Gasteiger partial charge is 0.420 e. The lowest BCUT2D eigenvalue weighted by Gasteiger charge is -2.09. The minimum atomic E-state index is -4.63. The minimum Gasteiger partial charge on any atom is -0.420 e. The average Bonchev–Trinajstić information content (AvgIpc) is 3.15. The van der Waals surface area contributed by atoms with Gasteiger partial charge < -0.3 is 4.42 Å². The van der Waals surface area contributed by atoms with Crippen molar-refractivity contribution < 1.29 is 17.6 Å². The van der Waals surface area contributed by atoms with Gasteiger partial charge in [-0.05, 0) is 30.3 Å². The Morgan fingerprint density at radius 1 is 0.964 bits per heavy atom. The van der Waals surface area contributed by atoms with Crippen molar-refractivity contribution in [1.29, 1.82) is 0 Å². The van der Waals surface area contributed by atoms with Crippen molar-refractivity contribution in [3.63, 3.8) is 0 Å². The van der Waals surface area contributed by atoms with E-state index in [1.54, 1.807) is 42.5 Å². The van der Waals surface area contributed by atoms with Gasteiger partial charge in [0.2, 0.25) is 17.6 Å². The van der Waals surface area contributed by atoms with Crippen LogP contribution in [0.15, 0.2) is 58.0 Å². The Labute approximate surface area is 166 Å². The lowest BCUT2D eigenvalue weighted by Crippen LogP contribution is -2.11. The van der Waals surface area contributed by atoms with Crippen LogP contribution < -0.4 is 0 Å². The van der Waals surface area contributed by atoms with Gasteiger partial charge in [0.25, 0.3) is 0 Å². The second-order valence-electron chi connectivity index (χ2n) is 5.66. The molecule has 0 aliphatic rings. The van der Waals surface area contributed by atoms with E-state index >= 15 is 0 Å². The maximum Gasteiger partial charge on any atom is 0.451 e. The zero-order valence-electron chi connectivity index (χ0n) is 13.9. The van der Waals surface area contributed by atoms with Crippen molar-refractivity contribution in [2.24, 2.45) is 0 Å². The molecule has 0 saturated heterocycles. The number of hydrogen-bond donors (Lipinski definition) is 0. The Kier molecular flexibility index (Phi) is 4.94. The molecule has 2 heterocycles. The van der Waals surface area contributed by atoms with Gasteiger partial charge in [-0.2, -0.15) is 13.2 Å². The number of thioether (sulfide) groups is 1. The van der Waals surface area contributed by atoms with E-state index in [0.717, 1.165) is 11.8 Å². The third-order valence-electron chi connectivity index (χ3n) is 3.71. The first-order valence-electron chi connectivity index (χ1n) is 7.95. The molecule has 0 atom stereocenters. The molecule has 0 fully saturated rings. The predicted molar refractivity (Wildman–Crippen MR) is 98.8 cm³/mol. The van der Waals surface area contributed by atoms with E-state index in [-0.39, 0.29) is 22.2 Å². The van der Waals surface area contributed by atoms with Gasteiger partial charge in [0.1, 0.15) is 5.03 Å². The quantitative estimate of drug-likeness (QED) is 0.313. The molecule has 28 heavy (non-hydrogen) atoms. The van der Waals surface area contributed by atoms with Gasteiger partial charge >= 0.3 is 6.18 Å². The molecule has 0 spiro atoms. The number of hydrogen-bond acceptors (Lipinski definition) is 6. The molecule has 4 rings (SSSR count). The zero-order chi connectivity index (χ0) is 19.7. The van der Waals surface area contributed by atoms with Crippen molar-refractivity contribution in [2.45, 2.75) is 17.0 Å². The van der Waals surface area contributed by atoms with Crippen LogP contribution >= 0.6 is 23.4 Å². The van der Waals surface area contributed by atoms with E-state index in [4.69, 9.17) is 16.0 Å². The highest BCUT2D eigenvalue weighted by Crippen LogP contribution is 2.33. The summed E-state index contributed by atoms with van der Waals surface area (Å²) in [6.45, 7) is 0. The van der Waals surface area contributed by atoms with E-state index in [0.29, 0.717) is 21.9 Å². The molecule has 2 aromatic heterocycles. The maximum absolute atomic E-state index is 13.1. The van der Waals surface area contributed by atoms with Gasteiger partial charge in [-0.25, -0.2) is 9.97 Å². The van der Waals surface area contributed by atoms with Crippen molar-refractivity contribution in [3.05, 3.63) is 65.3 Å². The van der Waals surface area contributed by atoms with Crippen LogP contribution in [0, 0.1) is 0 Å². The van der Waals surface area contributed by atoms with Crippen LogP contribution in [-0.2, 0) is 11.9 Å². The summed E-state index contributed by atoms with van der Waals surface area (Å²) in [7, 11) is 0. The largest absolute Gasteiger partial charge is 0.451 e. The molecule has 10 heteroatoms. The summed E-state index contributed by atoms with van der Waals surface area (Å²) in [5.74, 6) is -0.443. The van der Waals surface area contributed by atoms with Gasteiger partial charge in [-0.3, -0.25) is 0 Å². The highest BCUT2D eigenvalue weighted by Gasteiger charge is 2.35. The molecular weight excluding hydrogens is 413 g/mol. The normalized spacial score (nSPS) is 11.9. The van der Waals surface area contributed by atoms with Crippen LogP contribution in [-0.4, -0.2) is 20.2 Å². The molecule has 0 aliphatic heterocycles. The van der Waals surface area contributed by atoms with Crippen LogP contribution in [0.25, 0.3) is 22.4 Å². The summed E-state index contributed by atoms with van der Waals surface area (Å²) in [4.78, 5) is 7.29. The fourth-order valence-electron chi connectivity index (χ4n) is 2.44. The molecule has 2 aromatic carbocycles. The van der Waals surface area contributed by atoms with Crippen molar-refractivity contribution >= 4 is 34.3 Å². The number of aromatic nitrogens is 4. The Morgan fingerprint density at radius 3 is 2.46 bits per heavy atom. The van der Waals surface area contributed by atoms with Crippen LogP contribution in [0.4, 0.5) is 13.2 Å². The van der Waals surface area contributed by atoms with E-state index < -0.39 is 12.0 Å². The Morgan fingerprint density at radius 2 is 1.71 bits per heavy atom. The Bertz CT molecular complexity index is 1130. The SMILES string of the molecule is FC(F)(F)c1nc(SCc2nnc(-c3ccc(Cl)cc3)o2)c2ccccc2n1. The van der Waals surface area contributed by atoms with Gasteiger partial charge in [0, 0.05) is 16.0 Å². The van der Waals surface area contributed by atoms with E-state index in [1.165, 1.54) is 6.07 Å². The summed E-state index contributed by atoms with van der Waals surface area (Å²) in [5.41, 5.74) is 0.916. The Balaban J connectivity index is 1.60. The summed E-state index contributed by atoms with van der Waals surface area (Å²) in [5, 5.41) is 9.21.